The first-order valence-corrected chi connectivity index (χ1v) is 4.81. The lowest BCUT2D eigenvalue weighted by molar-refractivity contribution is 0.0660. The van der Waals surface area contributed by atoms with Crippen molar-refractivity contribution in [3.8, 4) is 5.88 Å². The molecule has 0 spiro atoms. The van der Waals surface area contributed by atoms with Crippen molar-refractivity contribution in [2.75, 3.05) is 13.2 Å². The van der Waals surface area contributed by atoms with Gasteiger partial charge in [-0.3, -0.25) is 14.3 Å². The molecule has 1 aliphatic rings. The molecule has 0 unspecified atom stereocenters. The van der Waals surface area contributed by atoms with Gasteiger partial charge in [-0.2, -0.15) is 0 Å². The molecule has 2 N–H and O–H groups in total. The van der Waals surface area contributed by atoms with E-state index in [9.17, 15) is 14.7 Å². The average molecular weight is 212 g/mol. The third kappa shape index (κ3) is 1.94. The van der Waals surface area contributed by atoms with Crippen LogP contribution in [-0.4, -0.2) is 27.9 Å². The molecule has 82 valence electrons. The highest BCUT2D eigenvalue weighted by molar-refractivity contribution is 5.07. The maximum atomic E-state index is 11.5. The van der Waals surface area contributed by atoms with Crippen molar-refractivity contribution in [1.29, 1.82) is 0 Å². The SMILES string of the molecule is O=c1cc(O)n(C2CCOCC2)c(=O)[nH]1. The first-order chi connectivity index (χ1) is 7.18. The fourth-order valence-electron chi connectivity index (χ4n) is 1.79. The first kappa shape index (κ1) is 9.97. The summed E-state index contributed by atoms with van der Waals surface area (Å²) in [5.74, 6) is -0.282. The second kappa shape index (κ2) is 3.90. The Kier molecular flexibility index (Phi) is 2.59. The number of nitrogens with zero attached hydrogens (tertiary/aromatic N) is 1. The lowest BCUT2D eigenvalue weighted by atomic mass is 10.1. The quantitative estimate of drug-likeness (QED) is 0.663. The molecule has 0 amide bonds. The zero-order valence-electron chi connectivity index (χ0n) is 8.10. The van der Waals surface area contributed by atoms with Gasteiger partial charge in [0.15, 0.2) is 0 Å². The predicted molar refractivity (Wildman–Crippen MR) is 52.1 cm³/mol. The van der Waals surface area contributed by atoms with E-state index >= 15 is 0 Å². The molecule has 6 heteroatoms. The highest BCUT2D eigenvalue weighted by atomic mass is 16.5. The van der Waals surface area contributed by atoms with Crippen LogP contribution in [0, 0.1) is 0 Å². The van der Waals surface area contributed by atoms with E-state index in [0.717, 1.165) is 6.07 Å². The van der Waals surface area contributed by atoms with Gasteiger partial charge in [-0.15, -0.1) is 0 Å². The van der Waals surface area contributed by atoms with Crippen LogP contribution in [0.5, 0.6) is 5.88 Å². The molecule has 1 aromatic rings. The summed E-state index contributed by atoms with van der Waals surface area (Å²) in [4.78, 5) is 24.5. The van der Waals surface area contributed by atoms with Crippen molar-refractivity contribution < 1.29 is 9.84 Å². The first-order valence-electron chi connectivity index (χ1n) is 4.81. The summed E-state index contributed by atoms with van der Waals surface area (Å²) in [7, 11) is 0. The lowest BCUT2D eigenvalue weighted by Gasteiger charge is -2.24. The Bertz CT molecular complexity index is 456. The Balaban J connectivity index is 2.42. The Morgan fingerprint density at radius 3 is 2.67 bits per heavy atom. The van der Waals surface area contributed by atoms with Gasteiger partial charge in [-0.25, -0.2) is 4.79 Å². The van der Waals surface area contributed by atoms with E-state index < -0.39 is 11.2 Å². The summed E-state index contributed by atoms with van der Waals surface area (Å²) in [6, 6.07) is 0.916. The molecule has 0 radical (unpaired) electrons. The molecular formula is C9H12N2O4. The van der Waals surface area contributed by atoms with Gasteiger partial charge in [0, 0.05) is 19.3 Å². The Labute approximate surface area is 85.1 Å². The zero-order chi connectivity index (χ0) is 10.8. The summed E-state index contributed by atoms with van der Waals surface area (Å²) >= 11 is 0. The Morgan fingerprint density at radius 1 is 1.40 bits per heavy atom. The van der Waals surface area contributed by atoms with Gasteiger partial charge < -0.3 is 9.84 Å². The minimum atomic E-state index is -0.583. The number of ether oxygens (including phenoxy) is 1. The normalized spacial score (nSPS) is 17.9. The Morgan fingerprint density at radius 2 is 2.07 bits per heavy atom. The van der Waals surface area contributed by atoms with Crippen LogP contribution in [0.15, 0.2) is 15.7 Å². The van der Waals surface area contributed by atoms with E-state index in [1.807, 2.05) is 0 Å². The molecule has 0 saturated carbocycles. The van der Waals surface area contributed by atoms with E-state index in [1.165, 1.54) is 4.57 Å². The molecular weight excluding hydrogens is 200 g/mol. The zero-order valence-corrected chi connectivity index (χ0v) is 8.10. The van der Waals surface area contributed by atoms with E-state index in [0.29, 0.717) is 26.1 Å². The van der Waals surface area contributed by atoms with Gasteiger partial charge in [0.05, 0.1) is 6.07 Å². The molecule has 0 bridgehead atoms. The van der Waals surface area contributed by atoms with Crippen LogP contribution in [0.4, 0.5) is 0 Å². The third-order valence-electron chi connectivity index (χ3n) is 2.51. The van der Waals surface area contributed by atoms with Gasteiger partial charge >= 0.3 is 5.69 Å². The van der Waals surface area contributed by atoms with Crippen molar-refractivity contribution in [2.45, 2.75) is 18.9 Å². The summed E-state index contributed by atoms with van der Waals surface area (Å²) < 4.78 is 6.37. The number of aromatic hydroxyl groups is 1. The minimum Gasteiger partial charge on any atom is -0.494 e. The third-order valence-corrected chi connectivity index (χ3v) is 2.51. The number of aromatic amines is 1. The highest BCUT2D eigenvalue weighted by Crippen LogP contribution is 2.21. The maximum Gasteiger partial charge on any atom is 0.331 e. The largest absolute Gasteiger partial charge is 0.494 e. The van der Waals surface area contributed by atoms with Crippen LogP contribution in [0.1, 0.15) is 18.9 Å². The predicted octanol–water partition coefficient (Wildman–Crippen LogP) is -0.406. The number of hydrogen-bond acceptors (Lipinski definition) is 4. The molecule has 1 aromatic heterocycles. The van der Waals surface area contributed by atoms with E-state index in [2.05, 4.69) is 4.98 Å². The van der Waals surface area contributed by atoms with Crippen LogP contribution in [0.2, 0.25) is 0 Å². The van der Waals surface area contributed by atoms with Crippen molar-refractivity contribution in [3.63, 3.8) is 0 Å². The molecule has 6 nitrogen and oxygen atoms in total. The van der Waals surface area contributed by atoms with Gasteiger partial charge in [0.25, 0.3) is 5.56 Å². The van der Waals surface area contributed by atoms with Gasteiger partial charge in [-0.05, 0) is 12.8 Å². The number of hydrogen-bond donors (Lipinski definition) is 2. The van der Waals surface area contributed by atoms with Crippen LogP contribution in [-0.2, 0) is 4.74 Å². The topological polar surface area (TPSA) is 84.3 Å². The second-order valence-electron chi connectivity index (χ2n) is 3.51. The fraction of sp³-hybridized carbons (Fsp3) is 0.556. The lowest BCUT2D eigenvalue weighted by Crippen LogP contribution is -2.34. The second-order valence-corrected chi connectivity index (χ2v) is 3.51. The summed E-state index contributed by atoms with van der Waals surface area (Å²) in [5.41, 5.74) is -1.15. The average Bonchev–Trinajstić information content (AvgIpc) is 2.17. The molecule has 2 rings (SSSR count). The van der Waals surface area contributed by atoms with Crippen LogP contribution >= 0.6 is 0 Å². The van der Waals surface area contributed by atoms with Gasteiger partial charge in [0.1, 0.15) is 0 Å². The molecule has 2 heterocycles. The molecule has 1 aliphatic heterocycles. The smallest absolute Gasteiger partial charge is 0.331 e. The van der Waals surface area contributed by atoms with E-state index in [4.69, 9.17) is 4.74 Å². The van der Waals surface area contributed by atoms with Gasteiger partial charge in [0.2, 0.25) is 5.88 Å². The summed E-state index contributed by atoms with van der Waals surface area (Å²) in [6.45, 7) is 1.13. The molecule has 0 aliphatic carbocycles. The van der Waals surface area contributed by atoms with Gasteiger partial charge in [-0.1, -0.05) is 0 Å². The van der Waals surface area contributed by atoms with Crippen LogP contribution in [0.25, 0.3) is 0 Å². The highest BCUT2D eigenvalue weighted by Gasteiger charge is 2.19. The number of H-pyrrole nitrogens is 1. The standard InChI is InChI=1S/C9H12N2O4/c12-7-5-8(13)11(9(14)10-7)6-1-3-15-4-2-6/h5-6,13H,1-4H2,(H,10,12,14). The molecule has 1 fully saturated rings. The van der Waals surface area contributed by atoms with Crippen LogP contribution in [0.3, 0.4) is 0 Å². The van der Waals surface area contributed by atoms with Crippen molar-refractivity contribution >= 4 is 0 Å². The molecule has 15 heavy (non-hydrogen) atoms. The van der Waals surface area contributed by atoms with Crippen molar-refractivity contribution in [3.05, 3.63) is 26.9 Å². The minimum absolute atomic E-state index is 0.0944. The summed E-state index contributed by atoms with van der Waals surface area (Å²) in [5, 5.41) is 9.53. The maximum absolute atomic E-state index is 11.5. The number of aromatic nitrogens is 2. The molecule has 1 saturated heterocycles. The van der Waals surface area contributed by atoms with Crippen molar-refractivity contribution in [2.24, 2.45) is 0 Å². The molecule has 0 aromatic carbocycles. The Hall–Kier alpha value is -1.56. The summed E-state index contributed by atoms with van der Waals surface area (Å²) in [6.07, 6.45) is 1.33. The molecule has 0 atom stereocenters. The van der Waals surface area contributed by atoms with E-state index in [-0.39, 0.29) is 11.9 Å². The van der Waals surface area contributed by atoms with Crippen LogP contribution < -0.4 is 11.2 Å². The van der Waals surface area contributed by atoms with Crippen molar-refractivity contribution in [1.82, 2.24) is 9.55 Å². The number of nitrogens with one attached hydrogen (secondary N) is 1. The fourth-order valence-corrected chi connectivity index (χ4v) is 1.79. The number of rotatable bonds is 1. The monoisotopic (exact) mass is 212 g/mol. The van der Waals surface area contributed by atoms with E-state index in [1.54, 1.807) is 0 Å².